The van der Waals surface area contributed by atoms with Crippen LogP contribution < -0.4 is 9.47 Å². The summed E-state index contributed by atoms with van der Waals surface area (Å²) >= 11 is 0. The van der Waals surface area contributed by atoms with Gasteiger partial charge in [0.15, 0.2) is 0 Å². The van der Waals surface area contributed by atoms with E-state index < -0.39 is 11.9 Å². The van der Waals surface area contributed by atoms with Gasteiger partial charge in [0.05, 0.1) is 14.2 Å². The number of methoxy groups -OCH3 is 2. The molecule has 1 aliphatic rings. The van der Waals surface area contributed by atoms with Crippen molar-refractivity contribution in [3.8, 4) is 11.5 Å². The highest BCUT2D eigenvalue weighted by molar-refractivity contribution is 6.18. The van der Waals surface area contributed by atoms with Crippen LogP contribution in [-0.4, -0.2) is 37.6 Å². The Hall–Kier alpha value is -4.20. The van der Waals surface area contributed by atoms with E-state index in [1.807, 2.05) is 0 Å². The molecule has 3 rings (SSSR count). The van der Waals surface area contributed by atoms with Crippen molar-refractivity contribution in [2.24, 2.45) is 10.3 Å². The quantitative estimate of drug-likeness (QED) is 0.414. The third-order valence-electron chi connectivity index (χ3n) is 3.97. The summed E-state index contributed by atoms with van der Waals surface area (Å²) in [7, 11) is 2.93. The first-order valence-corrected chi connectivity index (χ1v) is 8.83. The number of carbonyl (C=O) groups excluding carboxylic acids is 2. The van der Waals surface area contributed by atoms with Gasteiger partial charge in [-0.2, -0.15) is 0 Å². The van der Waals surface area contributed by atoms with Crippen LogP contribution in [0.1, 0.15) is 20.7 Å². The molecule has 0 saturated carbocycles. The van der Waals surface area contributed by atoms with Gasteiger partial charge in [-0.05, 0) is 48.6 Å². The summed E-state index contributed by atoms with van der Waals surface area (Å²) in [4.78, 5) is 34.2. The molecule has 30 heavy (non-hydrogen) atoms. The SMILES string of the molecule is COc1ccccc1C(=O)ON=C1C=CC(=NOC(=O)c2ccccc2OC)C=C1. The Morgan fingerprint density at radius 3 is 1.37 bits per heavy atom. The monoisotopic (exact) mass is 406 g/mol. The van der Waals surface area contributed by atoms with Crippen LogP contribution in [0, 0.1) is 0 Å². The highest BCUT2D eigenvalue weighted by Crippen LogP contribution is 2.19. The fourth-order valence-corrected chi connectivity index (χ4v) is 2.49. The van der Waals surface area contributed by atoms with Gasteiger partial charge < -0.3 is 19.1 Å². The molecule has 8 nitrogen and oxygen atoms in total. The van der Waals surface area contributed by atoms with Crippen molar-refractivity contribution in [2.75, 3.05) is 14.2 Å². The van der Waals surface area contributed by atoms with Crippen molar-refractivity contribution in [3.63, 3.8) is 0 Å². The number of allylic oxidation sites excluding steroid dienone is 4. The molecule has 2 aromatic carbocycles. The van der Waals surface area contributed by atoms with Crippen molar-refractivity contribution < 1.29 is 28.7 Å². The van der Waals surface area contributed by atoms with Gasteiger partial charge in [-0.1, -0.05) is 34.6 Å². The minimum Gasteiger partial charge on any atom is -0.496 e. The summed E-state index contributed by atoms with van der Waals surface area (Å²) in [6.45, 7) is 0. The normalized spacial score (nSPS) is 12.2. The Morgan fingerprint density at radius 2 is 1.00 bits per heavy atom. The number of nitrogens with zero attached hydrogens (tertiary/aromatic N) is 2. The van der Waals surface area contributed by atoms with E-state index in [1.54, 1.807) is 72.8 Å². The molecule has 0 amide bonds. The molecule has 1 aliphatic carbocycles. The Labute approximate surface area is 172 Å². The molecular formula is C22H18N2O6. The lowest BCUT2D eigenvalue weighted by molar-refractivity contribution is 0.0504. The van der Waals surface area contributed by atoms with Gasteiger partial charge in [0.2, 0.25) is 0 Å². The van der Waals surface area contributed by atoms with Gasteiger partial charge in [-0.15, -0.1) is 0 Å². The summed E-state index contributed by atoms with van der Waals surface area (Å²) in [6.07, 6.45) is 6.24. The predicted molar refractivity (Wildman–Crippen MR) is 110 cm³/mol. The summed E-state index contributed by atoms with van der Waals surface area (Å²) in [5.41, 5.74) is 1.29. The average molecular weight is 406 g/mol. The van der Waals surface area contributed by atoms with E-state index >= 15 is 0 Å². The average Bonchev–Trinajstić information content (AvgIpc) is 2.81. The third-order valence-corrected chi connectivity index (χ3v) is 3.97. The zero-order valence-corrected chi connectivity index (χ0v) is 16.3. The largest absolute Gasteiger partial charge is 0.496 e. The van der Waals surface area contributed by atoms with Gasteiger partial charge in [-0.25, -0.2) is 9.59 Å². The molecule has 0 saturated heterocycles. The minimum atomic E-state index is -0.646. The number of benzene rings is 2. The highest BCUT2D eigenvalue weighted by Gasteiger charge is 2.15. The molecule has 0 bridgehead atoms. The lowest BCUT2D eigenvalue weighted by Crippen LogP contribution is -2.08. The fraction of sp³-hybridized carbons (Fsp3) is 0.0909. The summed E-state index contributed by atoms with van der Waals surface area (Å²) in [5, 5.41) is 7.59. The van der Waals surface area contributed by atoms with Gasteiger partial charge in [0, 0.05) is 0 Å². The molecule has 0 radical (unpaired) electrons. The lowest BCUT2D eigenvalue weighted by atomic mass is 10.1. The van der Waals surface area contributed by atoms with Gasteiger partial charge in [0.25, 0.3) is 0 Å². The highest BCUT2D eigenvalue weighted by atomic mass is 16.7. The maximum absolute atomic E-state index is 12.1. The molecule has 0 atom stereocenters. The molecule has 8 heteroatoms. The standard InChI is InChI=1S/C22H18N2O6/c1-27-19-9-5-3-7-17(19)21(25)29-23-15-11-13-16(14-12-15)24-30-22(26)18-8-4-6-10-20(18)28-2/h3-14H,1-2H3. The number of rotatable bonds is 6. The number of ether oxygens (including phenoxy) is 2. The molecule has 0 heterocycles. The van der Waals surface area contributed by atoms with Gasteiger partial charge in [0.1, 0.15) is 34.0 Å². The second kappa shape index (κ2) is 9.83. The summed E-state index contributed by atoms with van der Waals surface area (Å²) in [5.74, 6) is -0.508. The van der Waals surface area contributed by atoms with Crippen molar-refractivity contribution in [2.45, 2.75) is 0 Å². The molecular weight excluding hydrogens is 388 g/mol. The van der Waals surface area contributed by atoms with Crippen LogP contribution in [0.25, 0.3) is 0 Å². The Kier molecular flexibility index (Phi) is 6.73. The number of hydrogen-bond acceptors (Lipinski definition) is 8. The fourth-order valence-electron chi connectivity index (χ4n) is 2.49. The first-order chi connectivity index (χ1) is 14.6. The summed E-state index contributed by atoms with van der Waals surface area (Å²) in [6, 6.07) is 13.3. The third kappa shape index (κ3) is 4.99. The number of oxime groups is 2. The zero-order chi connectivity index (χ0) is 21.3. The number of hydrogen-bond donors (Lipinski definition) is 0. The molecule has 0 fully saturated rings. The van der Waals surface area contributed by atoms with Gasteiger partial charge >= 0.3 is 11.9 Å². The maximum Gasteiger partial charge on any atom is 0.369 e. The van der Waals surface area contributed by atoms with Crippen LogP contribution in [-0.2, 0) is 9.68 Å². The minimum absolute atomic E-state index is 0.263. The van der Waals surface area contributed by atoms with Crippen molar-refractivity contribution in [1.29, 1.82) is 0 Å². The Morgan fingerprint density at radius 1 is 0.633 bits per heavy atom. The van der Waals surface area contributed by atoms with Crippen LogP contribution >= 0.6 is 0 Å². The molecule has 0 spiro atoms. The van der Waals surface area contributed by atoms with Crippen LogP contribution in [0.2, 0.25) is 0 Å². The molecule has 152 valence electrons. The predicted octanol–water partition coefficient (Wildman–Crippen LogP) is 3.56. The first-order valence-electron chi connectivity index (χ1n) is 8.83. The molecule has 0 N–H and O–H groups in total. The zero-order valence-electron chi connectivity index (χ0n) is 16.3. The van der Waals surface area contributed by atoms with Crippen LogP contribution in [0.3, 0.4) is 0 Å². The van der Waals surface area contributed by atoms with Crippen LogP contribution in [0.5, 0.6) is 11.5 Å². The van der Waals surface area contributed by atoms with Crippen LogP contribution in [0.4, 0.5) is 0 Å². The topological polar surface area (TPSA) is 95.8 Å². The molecule has 2 aromatic rings. The van der Waals surface area contributed by atoms with E-state index in [4.69, 9.17) is 19.1 Å². The van der Waals surface area contributed by atoms with E-state index in [2.05, 4.69) is 10.3 Å². The van der Waals surface area contributed by atoms with Crippen LogP contribution in [0.15, 0.2) is 83.1 Å². The van der Waals surface area contributed by atoms with E-state index in [-0.39, 0.29) is 11.1 Å². The van der Waals surface area contributed by atoms with Gasteiger partial charge in [-0.3, -0.25) is 0 Å². The van der Waals surface area contributed by atoms with Crippen molar-refractivity contribution >= 4 is 23.4 Å². The maximum atomic E-state index is 12.1. The molecule has 0 unspecified atom stereocenters. The smallest absolute Gasteiger partial charge is 0.369 e. The summed E-state index contributed by atoms with van der Waals surface area (Å²) < 4.78 is 10.2. The van der Waals surface area contributed by atoms with E-state index in [0.717, 1.165) is 0 Å². The van der Waals surface area contributed by atoms with E-state index in [9.17, 15) is 9.59 Å². The second-order valence-electron chi connectivity index (χ2n) is 5.86. The molecule has 0 aromatic heterocycles. The number of carbonyl (C=O) groups is 2. The second-order valence-corrected chi connectivity index (χ2v) is 5.86. The molecule has 0 aliphatic heterocycles. The van der Waals surface area contributed by atoms with Crippen molar-refractivity contribution in [1.82, 2.24) is 0 Å². The Balaban J connectivity index is 1.60. The lowest BCUT2D eigenvalue weighted by Gasteiger charge is -2.06. The number of para-hydroxylation sites is 2. The van der Waals surface area contributed by atoms with E-state index in [1.165, 1.54) is 14.2 Å². The Bertz CT molecular complexity index is 967. The van der Waals surface area contributed by atoms with Crippen molar-refractivity contribution in [3.05, 3.63) is 84.0 Å². The first kappa shape index (κ1) is 20.5. The van der Waals surface area contributed by atoms with E-state index in [0.29, 0.717) is 22.9 Å².